The lowest BCUT2D eigenvalue weighted by Crippen LogP contribution is -2.40. The Labute approximate surface area is 231 Å². The number of phenolic OH excluding ortho intramolecular Hbond substituents is 1. The van der Waals surface area contributed by atoms with Crippen LogP contribution in [0.1, 0.15) is 31.1 Å². The molecule has 0 bridgehead atoms. The molecule has 1 amide bonds. The lowest BCUT2D eigenvalue weighted by atomic mass is 10.1. The fraction of sp³-hybridized carbons (Fsp3) is 0.174. The van der Waals surface area contributed by atoms with Crippen LogP contribution in [-0.2, 0) is 0 Å². The van der Waals surface area contributed by atoms with E-state index >= 15 is 0 Å². The lowest BCUT2D eigenvalue weighted by Gasteiger charge is -2.20. The quantitative estimate of drug-likeness (QED) is 0.165. The van der Waals surface area contributed by atoms with E-state index in [0.29, 0.717) is 0 Å². The van der Waals surface area contributed by atoms with Crippen LogP contribution < -0.4 is 10.1 Å². The monoisotopic (exact) mass is 668 g/mol. The topological polar surface area (TPSA) is 102 Å². The number of nitro groups is 1. The highest BCUT2D eigenvalue weighted by molar-refractivity contribution is 9.10. The van der Waals surface area contributed by atoms with E-state index in [1.807, 2.05) is 0 Å². The number of phenols is 1. The number of aromatic hydroxyl groups is 1. The summed E-state index contributed by atoms with van der Waals surface area (Å²) >= 11 is 17.3. The fourth-order valence-electron chi connectivity index (χ4n) is 2.51. The number of nitrogens with one attached hydrogen (secondary N) is 1. The first-order chi connectivity index (χ1) is 16.6. The lowest BCUT2D eigenvalue weighted by molar-refractivity contribution is -0.385. The number of carbonyl (C=O) groups is 1. The maximum absolute atomic E-state index is 13.7. The molecule has 0 aliphatic rings. The van der Waals surface area contributed by atoms with Gasteiger partial charge in [0.25, 0.3) is 5.91 Å². The first kappa shape index (κ1) is 29.8. The van der Waals surface area contributed by atoms with Crippen molar-refractivity contribution in [3.63, 3.8) is 0 Å². The Balaban J connectivity index is 0.000000380. The summed E-state index contributed by atoms with van der Waals surface area (Å²) in [7, 11) is 0. The minimum atomic E-state index is -0.688. The fourth-order valence-corrected chi connectivity index (χ4v) is 3.83. The average molecular weight is 671 g/mol. The van der Waals surface area contributed by atoms with Crippen LogP contribution in [0.5, 0.6) is 17.2 Å². The number of rotatable bonds is 4. The van der Waals surface area contributed by atoms with Crippen molar-refractivity contribution in [3.8, 4) is 17.2 Å². The van der Waals surface area contributed by atoms with Crippen molar-refractivity contribution in [3.05, 3.63) is 88.8 Å². The Morgan fingerprint density at radius 3 is 2.08 bits per heavy atom. The van der Waals surface area contributed by atoms with Crippen LogP contribution in [0.2, 0.25) is 10.0 Å². The number of ether oxygens (including phenoxy) is 1. The van der Waals surface area contributed by atoms with Gasteiger partial charge in [-0.15, -0.1) is 0 Å². The van der Waals surface area contributed by atoms with Gasteiger partial charge in [0.05, 0.1) is 23.9 Å². The molecule has 0 heterocycles. The second-order valence-corrected chi connectivity index (χ2v) is 10.7. The predicted octanol–water partition coefficient (Wildman–Crippen LogP) is 8.42. The Hall–Kier alpha value is -2.47. The zero-order valence-corrected chi connectivity index (χ0v) is 23.5. The molecule has 0 atom stereocenters. The van der Waals surface area contributed by atoms with Crippen LogP contribution in [0.25, 0.3) is 0 Å². The molecule has 0 spiro atoms. The number of nitrogens with zero attached hydrogens (tertiary/aromatic N) is 1. The summed E-state index contributed by atoms with van der Waals surface area (Å²) in [4.78, 5) is 22.9. The van der Waals surface area contributed by atoms with Crippen molar-refractivity contribution >= 4 is 66.7 Å². The van der Waals surface area contributed by atoms with Gasteiger partial charge >= 0.3 is 5.69 Å². The second kappa shape index (κ2) is 12.2. The Bertz CT molecular complexity index is 1270. The minimum Gasteiger partial charge on any atom is -0.506 e. The van der Waals surface area contributed by atoms with Crippen LogP contribution in [0, 0.1) is 21.7 Å². The molecule has 0 saturated carbocycles. The van der Waals surface area contributed by atoms with Crippen molar-refractivity contribution in [2.45, 2.75) is 26.3 Å². The van der Waals surface area contributed by atoms with Gasteiger partial charge in [0.1, 0.15) is 23.1 Å². The van der Waals surface area contributed by atoms with E-state index < -0.39 is 33.7 Å². The normalized spacial score (nSPS) is 10.8. The number of carbonyl (C=O) groups excluding carboxylic acids is 1. The molecule has 13 heteroatoms. The summed E-state index contributed by atoms with van der Waals surface area (Å²) in [5, 5.41) is 23.1. The largest absolute Gasteiger partial charge is 0.506 e. The van der Waals surface area contributed by atoms with Crippen LogP contribution in [-0.4, -0.2) is 21.5 Å². The molecule has 3 aromatic rings. The zero-order valence-electron chi connectivity index (χ0n) is 18.8. The van der Waals surface area contributed by atoms with Gasteiger partial charge in [0.2, 0.25) is 5.75 Å². The van der Waals surface area contributed by atoms with Crippen LogP contribution in [0.3, 0.4) is 0 Å². The molecule has 36 heavy (non-hydrogen) atoms. The van der Waals surface area contributed by atoms with Crippen LogP contribution >= 0.6 is 55.1 Å². The van der Waals surface area contributed by atoms with Crippen molar-refractivity contribution in [2.24, 2.45) is 0 Å². The summed E-state index contributed by atoms with van der Waals surface area (Å²) in [5.41, 5.74) is -0.832. The molecule has 3 rings (SSSR count). The number of benzene rings is 3. The maximum atomic E-state index is 13.7. The van der Waals surface area contributed by atoms with Crippen molar-refractivity contribution in [1.82, 2.24) is 5.32 Å². The van der Waals surface area contributed by atoms with Crippen molar-refractivity contribution in [2.75, 3.05) is 0 Å². The van der Waals surface area contributed by atoms with E-state index in [0.717, 1.165) is 18.2 Å². The van der Waals surface area contributed by atoms with Gasteiger partial charge in [-0.3, -0.25) is 14.9 Å². The molecule has 0 unspecified atom stereocenters. The van der Waals surface area contributed by atoms with E-state index in [9.17, 15) is 23.7 Å². The number of halogens is 6. The van der Waals surface area contributed by atoms with Crippen molar-refractivity contribution < 1.29 is 28.3 Å². The van der Waals surface area contributed by atoms with E-state index in [-0.39, 0.29) is 41.8 Å². The Morgan fingerprint density at radius 1 is 1.00 bits per heavy atom. The van der Waals surface area contributed by atoms with E-state index in [2.05, 4.69) is 37.2 Å². The Kier molecular flexibility index (Phi) is 10.1. The van der Waals surface area contributed by atoms with E-state index in [1.165, 1.54) is 24.3 Å². The smallest absolute Gasteiger partial charge is 0.312 e. The van der Waals surface area contributed by atoms with E-state index in [4.69, 9.17) is 33.0 Å². The predicted molar refractivity (Wildman–Crippen MR) is 140 cm³/mol. The summed E-state index contributed by atoms with van der Waals surface area (Å²) in [5.74, 6) is -2.11. The highest BCUT2D eigenvalue weighted by atomic mass is 79.9. The highest BCUT2D eigenvalue weighted by Gasteiger charge is 2.22. The summed E-state index contributed by atoms with van der Waals surface area (Å²) < 4.78 is 32.0. The number of amides is 1. The first-order valence-corrected chi connectivity index (χ1v) is 12.2. The standard InChI is InChI=1S/C17H15BrClFN2O4.C6H3BrClFO/c1-17(2,3)21-16(23)9-4-5-14(13(6-9)22(24)25)26-15-8-12(20)10(18)7-11(15)19;7-3-1-4(8)6(10)2-5(3)9/h4-8H,1-3H3,(H,21,23);1-2,10H. The van der Waals surface area contributed by atoms with E-state index in [1.54, 1.807) is 20.8 Å². The molecule has 0 fully saturated rings. The second-order valence-electron chi connectivity index (χ2n) is 8.16. The molecular weight excluding hydrogens is 653 g/mol. The summed E-state index contributed by atoms with van der Waals surface area (Å²) in [6.45, 7) is 5.38. The molecule has 3 aromatic carbocycles. The zero-order chi connectivity index (χ0) is 27.4. The van der Waals surface area contributed by atoms with Gasteiger partial charge < -0.3 is 15.2 Å². The first-order valence-electron chi connectivity index (χ1n) is 9.86. The molecule has 0 radical (unpaired) electrons. The van der Waals surface area contributed by atoms with Crippen LogP contribution in [0.15, 0.2) is 51.4 Å². The Morgan fingerprint density at radius 2 is 1.56 bits per heavy atom. The van der Waals surface area contributed by atoms with Gasteiger partial charge in [-0.2, -0.15) is 0 Å². The number of hydrogen-bond donors (Lipinski definition) is 2. The molecule has 2 N–H and O–H groups in total. The third-order valence-corrected chi connectivity index (χ3v) is 5.90. The molecule has 0 saturated heterocycles. The maximum Gasteiger partial charge on any atom is 0.312 e. The average Bonchev–Trinajstić information content (AvgIpc) is 2.75. The van der Waals surface area contributed by atoms with Crippen molar-refractivity contribution in [1.29, 1.82) is 0 Å². The third kappa shape index (κ3) is 8.29. The molecule has 0 aliphatic carbocycles. The van der Waals surface area contributed by atoms with Crippen LogP contribution in [0.4, 0.5) is 14.5 Å². The van der Waals surface area contributed by atoms with Gasteiger partial charge in [0, 0.05) is 29.3 Å². The molecule has 192 valence electrons. The highest BCUT2D eigenvalue weighted by Crippen LogP contribution is 2.37. The van der Waals surface area contributed by atoms with Gasteiger partial charge in [-0.1, -0.05) is 23.2 Å². The van der Waals surface area contributed by atoms with Gasteiger partial charge in [-0.05, 0) is 76.9 Å². The summed E-state index contributed by atoms with van der Waals surface area (Å²) in [6, 6.07) is 8.29. The SMILES string of the molecule is CC(C)(C)NC(=O)c1ccc(Oc2cc(F)c(Br)cc2Cl)c([N+](=O)[O-])c1.Oc1cc(F)c(Br)cc1Cl. The molecule has 0 aliphatic heterocycles. The minimum absolute atomic E-state index is 0.0714. The summed E-state index contributed by atoms with van der Waals surface area (Å²) in [6.07, 6.45) is 0. The molecule has 0 aromatic heterocycles. The van der Waals surface area contributed by atoms with Gasteiger partial charge in [0.15, 0.2) is 0 Å². The third-order valence-electron chi connectivity index (χ3n) is 4.09. The van der Waals surface area contributed by atoms with Gasteiger partial charge in [-0.25, -0.2) is 8.78 Å². The molecular formula is C23H18Br2Cl2F2N2O5. The number of nitro benzene ring substituents is 1. The number of hydrogen-bond acceptors (Lipinski definition) is 5. The molecule has 7 nitrogen and oxygen atoms in total.